The van der Waals surface area contributed by atoms with E-state index in [-0.39, 0.29) is 18.5 Å². The van der Waals surface area contributed by atoms with Gasteiger partial charge in [-0.05, 0) is 57.8 Å². The zero-order valence-corrected chi connectivity index (χ0v) is 52.2. The van der Waals surface area contributed by atoms with E-state index in [0.717, 1.165) is 51.4 Å². The second kappa shape index (κ2) is 66.8. The van der Waals surface area contributed by atoms with Crippen LogP contribution in [0.3, 0.4) is 0 Å². The van der Waals surface area contributed by atoms with Crippen molar-refractivity contribution in [3.8, 4) is 0 Å². The van der Waals surface area contributed by atoms with Crippen molar-refractivity contribution in [1.29, 1.82) is 0 Å². The van der Waals surface area contributed by atoms with Crippen molar-refractivity contribution in [1.82, 2.24) is 5.32 Å². The van der Waals surface area contributed by atoms with Crippen molar-refractivity contribution in [3.05, 3.63) is 24.3 Å². The largest absolute Gasteiger partial charge is 0.466 e. The van der Waals surface area contributed by atoms with Gasteiger partial charge in [0.1, 0.15) is 0 Å². The number of carbonyl (C=O) groups excluding carboxylic acids is 2. The number of aliphatic hydroxyl groups is 2. The molecule has 0 aliphatic rings. The third-order valence-corrected chi connectivity index (χ3v) is 16.5. The molecule has 3 N–H and O–H groups in total. The van der Waals surface area contributed by atoms with E-state index in [0.29, 0.717) is 25.9 Å². The van der Waals surface area contributed by atoms with Gasteiger partial charge in [-0.15, -0.1) is 0 Å². The number of allylic oxidation sites excluding steroid dienone is 4. The summed E-state index contributed by atoms with van der Waals surface area (Å²) in [7, 11) is 0. The standard InChI is InChI=1S/C71H137NO5/c1-3-5-7-9-11-13-15-17-19-21-23-24-25-26-27-28-30-31-35-39-43-47-51-55-59-63-69(74)68(67-73)72-70(75)64-60-56-52-48-44-40-36-33-34-38-42-46-50-54-58-62-66-77-71(76)65-61-57-53-49-45-41-37-32-29-22-20-18-16-14-12-10-8-6-4-2/h12,14,18,20,68-69,73-74H,3-11,13,15-17,19,21-67H2,1-2H3,(H,72,75)/b14-12-,20-18-. The number of hydrogen-bond donors (Lipinski definition) is 3. The highest BCUT2D eigenvalue weighted by molar-refractivity contribution is 5.76. The van der Waals surface area contributed by atoms with Crippen LogP contribution in [0.5, 0.6) is 0 Å². The number of carbonyl (C=O) groups is 2. The minimum absolute atomic E-state index is 0.000815. The first kappa shape index (κ1) is 75.3. The lowest BCUT2D eigenvalue weighted by Gasteiger charge is -2.22. The van der Waals surface area contributed by atoms with Gasteiger partial charge in [-0.25, -0.2) is 0 Å². The van der Waals surface area contributed by atoms with Crippen LogP contribution < -0.4 is 5.32 Å². The molecule has 0 aromatic carbocycles. The Hall–Kier alpha value is -1.66. The van der Waals surface area contributed by atoms with E-state index in [9.17, 15) is 19.8 Å². The fourth-order valence-electron chi connectivity index (χ4n) is 11.1. The lowest BCUT2D eigenvalue weighted by molar-refractivity contribution is -0.143. The number of hydrogen-bond acceptors (Lipinski definition) is 5. The number of nitrogens with one attached hydrogen (secondary N) is 1. The second-order valence-electron chi connectivity index (χ2n) is 24.2. The zero-order chi connectivity index (χ0) is 55.7. The van der Waals surface area contributed by atoms with Crippen molar-refractivity contribution >= 4 is 11.9 Å². The van der Waals surface area contributed by atoms with Gasteiger partial charge in [0.05, 0.1) is 25.4 Å². The van der Waals surface area contributed by atoms with Gasteiger partial charge >= 0.3 is 5.97 Å². The Morgan fingerprint density at radius 1 is 0.364 bits per heavy atom. The average molecular weight is 1080 g/mol. The topological polar surface area (TPSA) is 95.9 Å². The predicted octanol–water partition coefficient (Wildman–Crippen LogP) is 22.5. The summed E-state index contributed by atoms with van der Waals surface area (Å²) in [5.74, 6) is -0.0362. The van der Waals surface area contributed by atoms with Crippen LogP contribution in [-0.2, 0) is 14.3 Å². The first-order valence-electron chi connectivity index (χ1n) is 35.1. The molecule has 0 rings (SSSR count). The quantitative estimate of drug-likeness (QED) is 0.0320. The van der Waals surface area contributed by atoms with Gasteiger partial charge in [0, 0.05) is 12.8 Å². The Kier molecular flexibility index (Phi) is 65.4. The van der Waals surface area contributed by atoms with Gasteiger partial charge in [-0.3, -0.25) is 9.59 Å². The molecule has 0 aliphatic heterocycles. The molecule has 0 saturated carbocycles. The maximum absolute atomic E-state index is 12.6. The maximum Gasteiger partial charge on any atom is 0.305 e. The number of ether oxygens (including phenoxy) is 1. The fourth-order valence-corrected chi connectivity index (χ4v) is 11.1. The molecule has 0 aromatic rings. The van der Waals surface area contributed by atoms with Crippen LogP contribution in [0.25, 0.3) is 0 Å². The summed E-state index contributed by atoms with van der Waals surface area (Å²) in [6, 6.07) is -0.549. The lowest BCUT2D eigenvalue weighted by Crippen LogP contribution is -2.45. The Morgan fingerprint density at radius 3 is 1.01 bits per heavy atom. The van der Waals surface area contributed by atoms with Crippen molar-refractivity contribution in [2.45, 2.75) is 405 Å². The summed E-state index contributed by atoms with van der Waals surface area (Å²) in [5.41, 5.74) is 0. The molecule has 0 spiro atoms. The van der Waals surface area contributed by atoms with Crippen LogP contribution in [0.15, 0.2) is 24.3 Å². The molecule has 0 bridgehead atoms. The third-order valence-electron chi connectivity index (χ3n) is 16.5. The fraction of sp³-hybridized carbons (Fsp3) is 0.915. The van der Waals surface area contributed by atoms with Crippen LogP contribution >= 0.6 is 0 Å². The average Bonchev–Trinajstić information content (AvgIpc) is 3.43. The van der Waals surface area contributed by atoms with E-state index in [2.05, 4.69) is 43.5 Å². The molecular formula is C71H137NO5. The Morgan fingerprint density at radius 2 is 0.649 bits per heavy atom. The summed E-state index contributed by atoms with van der Waals surface area (Å²) in [6.45, 7) is 4.95. The van der Waals surface area contributed by atoms with Crippen LogP contribution in [0.1, 0.15) is 393 Å². The molecule has 1 amide bonds. The first-order valence-corrected chi connectivity index (χ1v) is 35.1. The first-order chi connectivity index (χ1) is 38.0. The van der Waals surface area contributed by atoms with Crippen molar-refractivity contribution in [3.63, 3.8) is 0 Å². The van der Waals surface area contributed by atoms with E-state index in [1.807, 2.05) is 0 Å². The van der Waals surface area contributed by atoms with Gasteiger partial charge in [-0.1, -0.05) is 346 Å². The van der Waals surface area contributed by atoms with E-state index in [4.69, 9.17) is 4.74 Å². The van der Waals surface area contributed by atoms with Crippen molar-refractivity contribution < 1.29 is 24.5 Å². The zero-order valence-electron chi connectivity index (χ0n) is 52.2. The Balaban J connectivity index is 3.40. The number of amides is 1. The number of rotatable bonds is 66. The van der Waals surface area contributed by atoms with Crippen LogP contribution in [0.2, 0.25) is 0 Å². The monoisotopic (exact) mass is 1080 g/mol. The number of esters is 1. The summed E-state index contributed by atoms with van der Waals surface area (Å²) in [6.07, 6.45) is 83.5. The highest BCUT2D eigenvalue weighted by Gasteiger charge is 2.20. The van der Waals surface area contributed by atoms with Crippen LogP contribution in [-0.4, -0.2) is 47.4 Å². The van der Waals surface area contributed by atoms with Gasteiger partial charge in [-0.2, -0.15) is 0 Å². The maximum atomic E-state index is 12.6. The van der Waals surface area contributed by atoms with E-state index >= 15 is 0 Å². The third kappa shape index (κ3) is 63.4. The van der Waals surface area contributed by atoms with Crippen LogP contribution in [0, 0.1) is 0 Å². The molecule has 77 heavy (non-hydrogen) atoms. The van der Waals surface area contributed by atoms with Gasteiger partial charge in [0.25, 0.3) is 0 Å². The molecular weight excluding hydrogens is 947 g/mol. The lowest BCUT2D eigenvalue weighted by atomic mass is 10.0. The second-order valence-corrected chi connectivity index (χ2v) is 24.2. The Bertz CT molecular complexity index is 1200. The Labute approximate surface area is 481 Å². The molecule has 6 heteroatoms. The number of unbranched alkanes of at least 4 members (excludes halogenated alkanes) is 51. The van der Waals surface area contributed by atoms with Crippen LogP contribution in [0.4, 0.5) is 0 Å². The van der Waals surface area contributed by atoms with E-state index < -0.39 is 12.1 Å². The SMILES string of the molecule is CCCCC/C=C\C/C=C\CCCCCCCCCCCC(=O)OCCCCCCCCCCCCCCCCCCC(=O)NC(CO)C(O)CCCCCCCCCCCCCCCCCCCCCCCCCCC. The minimum atomic E-state index is -0.671. The summed E-state index contributed by atoms with van der Waals surface area (Å²) in [5, 5.41) is 23.4. The van der Waals surface area contributed by atoms with Gasteiger partial charge < -0.3 is 20.3 Å². The smallest absolute Gasteiger partial charge is 0.305 e. The van der Waals surface area contributed by atoms with E-state index in [1.165, 1.54) is 308 Å². The summed E-state index contributed by atoms with van der Waals surface area (Å²) >= 11 is 0. The molecule has 0 radical (unpaired) electrons. The van der Waals surface area contributed by atoms with Gasteiger partial charge in [0.2, 0.25) is 5.91 Å². The molecule has 0 heterocycles. The predicted molar refractivity (Wildman–Crippen MR) is 338 cm³/mol. The normalized spacial score (nSPS) is 12.6. The van der Waals surface area contributed by atoms with Crippen molar-refractivity contribution in [2.75, 3.05) is 13.2 Å². The molecule has 2 unspecified atom stereocenters. The minimum Gasteiger partial charge on any atom is -0.466 e. The highest BCUT2D eigenvalue weighted by Crippen LogP contribution is 2.19. The molecule has 6 nitrogen and oxygen atoms in total. The molecule has 2 atom stereocenters. The molecule has 0 aromatic heterocycles. The number of aliphatic hydroxyl groups excluding tert-OH is 2. The van der Waals surface area contributed by atoms with E-state index in [1.54, 1.807) is 0 Å². The van der Waals surface area contributed by atoms with Gasteiger partial charge in [0.15, 0.2) is 0 Å². The van der Waals surface area contributed by atoms with Crippen molar-refractivity contribution in [2.24, 2.45) is 0 Å². The summed E-state index contributed by atoms with van der Waals surface area (Å²) < 4.78 is 5.50. The molecule has 0 fully saturated rings. The summed E-state index contributed by atoms with van der Waals surface area (Å²) in [4.78, 5) is 24.7. The molecule has 0 saturated heterocycles. The molecule has 456 valence electrons. The molecule has 0 aliphatic carbocycles. The highest BCUT2D eigenvalue weighted by atomic mass is 16.5.